The Morgan fingerprint density at radius 2 is 1.82 bits per heavy atom. The monoisotopic (exact) mass is 407 g/mol. The molecule has 0 bridgehead atoms. The Labute approximate surface area is 164 Å². The van der Waals surface area contributed by atoms with Crippen LogP contribution in [0.1, 0.15) is 39.0 Å². The van der Waals surface area contributed by atoms with Crippen LogP contribution in [0.2, 0.25) is 0 Å². The third kappa shape index (κ3) is 8.12. The molecule has 28 heavy (non-hydrogen) atoms. The van der Waals surface area contributed by atoms with Gasteiger partial charge in [0.15, 0.2) is 5.96 Å². The molecule has 2 heterocycles. The molecule has 1 amide bonds. The Kier molecular flexibility index (Phi) is 8.65. The first-order valence-corrected chi connectivity index (χ1v) is 10.0. The normalized spacial score (nSPS) is 21.0. The van der Waals surface area contributed by atoms with Crippen molar-refractivity contribution in [2.75, 3.05) is 45.9 Å². The number of rotatable bonds is 6. The van der Waals surface area contributed by atoms with Crippen molar-refractivity contribution in [3.05, 3.63) is 0 Å². The number of hydrogen-bond donors (Lipinski definition) is 2. The summed E-state index contributed by atoms with van der Waals surface area (Å²) in [5, 5.41) is 3.20. The van der Waals surface area contributed by atoms with Crippen LogP contribution in [0, 0.1) is 5.92 Å². The predicted octanol–water partition coefficient (Wildman–Crippen LogP) is 2.18. The summed E-state index contributed by atoms with van der Waals surface area (Å²) in [5.41, 5.74) is 5.95. The van der Waals surface area contributed by atoms with Gasteiger partial charge in [-0.25, -0.2) is 4.79 Å². The van der Waals surface area contributed by atoms with Gasteiger partial charge in [-0.05, 0) is 58.0 Å². The molecule has 0 aromatic carbocycles. The third-order valence-electron chi connectivity index (χ3n) is 5.30. The number of ether oxygens (including phenoxy) is 1. The van der Waals surface area contributed by atoms with E-state index >= 15 is 0 Å². The lowest BCUT2D eigenvalue weighted by atomic mass is 9.93. The first kappa shape index (κ1) is 22.6. The molecule has 2 rings (SSSR count). The average Bonchev–Trinajstić information content (AvgIpc) is 2.63. The van der Waals surface area contributed by atoms with Gasteiger partial charge >= 0.3 is 12.3 Å². The summed E-state index contributed by atoms with van der Waals surface area (Å²) in [4.78, 5) is 19.2. The van der Waals surface area contributed by atoms with Crippen LogP contribution in [0.25, 0.3) is 0 Å². The van der Waals surface area contributed by atoms with E-state index in [0.717, 1.165) is 32.1 Å². The van der Waals surface area contributed by atoms with E-state index in [-0.39, 0.29) is 12.1 Å². The van der Waals surface area contributed by atoms with Crippen LogP contribution < -0.4 is 11.1 Å². The molecule has 0 aromatic rings. The molecule has 0 atom stereocenters. The van der Waals surface area contributed by atoms with Gasteiger partial charge in [0.05, 0.1) is 13.2 Å². The molecule has 162 valence electrons. The van der Waals surface area contributed by atoms with Crippen molar-refractivity contribution in [1.82, 2.24) is 15.1 Å². The van der Waals surface area contributed by atoms with Crippen LogP contribution in [0.15, 0.2) is 4.99 Å². The van der Waals surface area contributed by atoms with Gasteiger partial charge < -0.3 is 20.7 Å². The summed E-state index contributed by atoms with van der Waals surface area (Å²) >= 11 is 0. The van der Waals surface area contributed by atoms with Gasteiger partial charge in [0.2, 0.25) is 0 Å². The minimum atomic E-state index is -4.12. The van der Waals surface area contributed by atoms with Crippen molar-refractivity contribution in [1.29, 1.82) is 0 Å². The first-order valence-electron chi connectivity index (χ1n) is 10.0. The van der Waals surface area contributed by atoms with Crippen LogP contribution >= 0.6 is 0 Å². The zero-order valence-electron chi connectivity index (χ0n) is 16.5. The van der Waals surface area contributed by atoms with E-state index in [0.29, 0.717) is 51.2 Å². The maximum absolute atomic E-state index is 12.4. The Morgan fingerprint density at radius 3 is 2.39 bits per heavy atom. The molecule has 0 aromatic heterocycles. The molecule has 2 saturated heterocycles. The molecule has 3 N–H and O–H groups in total. The van der Waals surface area contributed by atoms with Gasteiger partial charge in [0.1, 0.15) is 0 Å². The van der Waals surface area contributed by atoms with Gasteiger partial charge in [0.25, 0.3) is 0 Å². The number of carbonyl (C=O) groups excluding carboxylic acids is 1. The van der Waals surface area contributed by atoms with Crippen molar-refractivity contribution in [3.8, 4) is 0 Å². The zero-order chi connectivity index (χ0) is 20.6. The van der Waals surface area contributed by atoms with E-state index in [1.54, 1.807) is 11.8 Å². The molecule has 7 nitrogen and oxygen atoms in total. The number of aliphatic imine (C=N–C) groups is 1. The predicted molar refractivity (Wildman–Crippen MR) is 101 cm³/mol. The Balaban J connectivity index is 1.60. The quantitative estimate of drug-likeness (QED) is 0.521. The number of piperidine rings is 2. The first-order chi connectivity index (χ1) is 13.3. The molecular formula is C18H32F3N5O2. The highest BCUT2D eigenvalue weighted by molar-refractivity contribution is 5.78. The summed E-state index contributed by atoms with van der Waals surface area (Å²) in [5.74, 6) is 0.790. The summed E-state index contributed by atoms with van der Waals surface area (Å²) in [6, 6.07) is 0.181. The Morgan fingerprint density at radius 1 is 1.18 bits per heavy atom. The number of alkyl halides is 3. The van der Waals surface area contributed by atoms with Crippen LogP contribution in [0.5, 0.6) is 0 Å². The smallest absolute Gasteiger partial charge is 0.409 e. The van der Waals surface area contributed by atoms with E-state index in [4.69, 9.17) is 10.5 Å². The van der Waals surface area contributed by atoms with Crippen molar-refractivity contribution in [3.63, 3.8) is 0 Å². The van der Waals surface area contributed by atoms with Gasteiger partial charge in [-0.2, -0.15) is 13.2 Å². The van der Waals surface area contributed by atoms with E-state index in [1.165, 1.54) is 4.90 Å². The third-order valence-corrected chi connectivity index (χ3v) is 5.30. The average molecular weight is 407 g/mol. The lowest BCUT2D eigenvalue weighted by molar-refractivity contribution is -0.148. The molecule has 2 aliphatic rings. The van der Waals surface area contributed by atoms with Gasteiger partial charge in [-0.3, -0.25) is 9.89 Å². The molecule has 0 radical (unpaired) electrons. The Bertz CT molecular complexity index is 514. The lowest BCUT2D eigenvalue weighted by Gasteiger charge is -2.32. The topological polar surface area (TPSA) is 83.2 Å². The fourth-order valence-corrected chi connectivity index (χ4v) is 3.73. The summed E-state index contributed by atoms with van der Waals surface area (Å²) in [6.45, 7) is 4.14. The molecule has 10 heteroatoms. The van der Waals surface area contributed by atoms with E-state index < -0.39 is 12.7 Å². The van der Waals surface area contributed by atoms with E-state index in [1.807, 2.05) is 0 Å². The standard InChI is InChI=1S/C18H32F3N5O2/c1-2-28-17(27)26-11-6-15(7-12-26)24-16(22)23-8-3-14-4-9-25(10-5-14)13-18(19,20)21/h14-15H,2-13H2,1H3,(H3,22,23,24). The van der Waals surface area contributed by atoms with E-state index in [9.17, 15) is 18.0 Å². The van der Waals surface area contributed by atoms with Crippen LogP contribution in [0.3, 0.4) is 0 Å². The fraction of sp³-hybridized carbons (Fsp3) is 0.889. The zero-order valence-corrected chi connectivity index (χ0v) is 16.5. The maximum Gasteiger partial charge on any atom is 0.409 e. The van der Waals surface area contributed by atoms with Gasteiger partial charge in [0, 0.05) is 25.7 Å². The van der Waals surface area contributed by atoms with Gasteiger partial charge in [-0.1, -0.05) is 0 Å². The number of nitrogens with zero attached hydrogens (tertiary/aromatic N) is 3. The van der Waals surface area contributed by atoms with E-state index in [2.05, 4.69) is 10.3 Å². The highest BCUT2D eigenvalue weighted by Crippen LogP contribution is 2.24. The second-order valence-corrected chi connectivity index (χ2v) is 7.49. The highest BCUT2D eigenvalue weighted by Gasteiger charge is 2.32. The van der Waals surface area contributed by atoms with Crippen molar-refractivity contribution >= 4 is 12.1 Å². The maximum atomic E-state index is 12.4. The number of hydrogen-bond acceptors (Lipinski definition) is 4. The van der Waals surface area contributed by atoms with Crippen LogP contribution in [-0.2, 0) is 4.74 Å². The number of guanidine groups is 1. The highest BCUT2D eigenvalue weighted by atomic mass is 19.4. The van der Waals surface area contributed by atoms with Crippen molar-refractivity contribution in [2.24, 2.45) is 16.6 Å². The lowest BCUT2D eigenvalue weighted by Crippen LogP contribution is -2.48. The van der Waals surface area contributed by atoms with Crippen LogP contribution in [-0.4, -0.2) is 79.9 Å². The fourth-order valence-electron chi connectivity index (χ4n) is 3.73. The second kappa shape index (κ2) is 10.7. The molecule has 0 unspecified atom stereocenters. The SMILES string of the molecule is CCOC(=O)N1CCC(NC(N)=NCCC2CCN(CC(F)(F)F)CC2)CC1. The number of nitrogens with one attached hydrogen (secondary N) is 1. The number of nitrogens with two attached hydrogens (primary N) is 1. The van der Waals surface area contributed by atoms with Crippen molar-refractivity contribution in [2.45, 2.75) is 51.2 Å². The molecule has 0 spiro atoms. The molecule has 0 saturated carbocycles. The summed E-state index contributed by atoms with van der Waals surface area (Å²) < 4.78 is 42.2. The molecular weight excluding hydrogens is 375 g/mol. The van der Waals surface area contributed by atoms with Crippen LogP contribution in [0.4, 0.5) is 18.0 Å². The van der Waals surface area contributed by atoms with Crippen molar-refractivity contribution < 1.29 is 22.7 Å². The second-order valence-electron chi connectivity index (χ2n) is 7.49. The number of amides is 1. The molecule has 2 aliphatic heterocycles. The number of carbonyl (C=O) groups is 1. The minimum Gasteiger partial charge on any atom is -0.450 e. The van der Waals surface area contributed by atoms with Gasteiger partial charge in [-0.15, -0.1) is 0 Å². The largest absolute Gasteiger partial charge is 0.450 e. The molecule has 0 aliphatic carbocycles. The number of likely N-dealkylation sites (tertiary alicyclic amines) is 2. The summed E-state index contributed by atoms with van der Waals surface area (Å²) in [6.07, 6.45) is -0.452. The summed E-state index contributed by atoms with van der Waals surface area (Å²) in [7, 11) is 0. The Hall–Kier alpha value is -1.71. The molecule has 2 fully saturated rings. The number of halogens is 3. The minimum absolute atomic E-state index is 0.181.